The Kier molecular flexibility index (Phi) is 3.06. The van der Waals surface area contributed by atoms with Crippen molar-refractivity contribution in [3.05, 3.63) is 167 Å². The van der Waals surface area contributed by atoms with Gasteiger partial charge in [-0.05, 0) is 68.4 Å². The van der Waals surface area contributed by atoms with E-state index in [1.807, 2.05) is 0 Å². The first-order chi connectivity index (χ1) is 20.8. The number of rotatable bonds is 0. The molecule has 0 saturated heterocycles. The molecule has 8 aromatic rings. The van der Waals surface area contributed by atoms with E-state index in [1.54, 1.807) is 0 Å². The fourth-order valence-corrected chi connectivity index (χ4v) is 9.81. The van der Waals surface area contributed by atoms with Gasteiger partial charge in [-0.1, -0.05) is 84.9 Å². The lowest BCUT2D eigenvalue weighted by atomic mass is 9.58. The van der Waals surface area contributed by atoms with Crippen molar-refractivity contribution in [2.24, 2.45) is 0 Å². The molecule has 0 amide bonds. The highest BCUT2D eigenvalue weighted by Crippen LogP contribution is 2.65. The molecular weight excluding hydrogens is 508 g/mol. The molecule has 4 aliphatic rings. The van der Waals surface area contributed by atoms with Crippen LogP contribution in [0, 0.1) is 0 Å². The van der Waals surface area contributed by atoms with Crippen LogP contribution in [0.1, 0.15) is 33.4 Å². The minimum Gasteiger partial charge on any atom is -0.125 e. The molecule has 0 saturated carbocycles. The van der Waals surface area contributed by atoms with Crippen LogP contribution in [0.5, 0.6) is 0 Å². The Labute approximate surface area is 241 Å². The van der Waals surface area contributed by atoms with E-state index < -0.39 is 11.1 Å². The summed E-state index contributed by atoms with van der Waals surface area (Å²) < 4.78 is 5.22. The number of pyridine rings is 2. The fourth-order valence-electron chi connectivity index (χ4n) is 9.81. The number of hydrogen-bond donors (Lipinski definition) is 0. The van der Waals surface area contributed by atoms with E-state index >= 15 is 0 Å². The van der Waals surface area contributed by atoms with Crippen molar-refractivity contribution >= 4 is 43.4 Å². The minimum absolute atomic E-state index is 0.404. The molecule has 0 radical (unpaired) electrons. The monoisotopic (exact) mass is 530 g/mol. The van der Waals surface area contributed by atoms with Gasteiger partial charge in [-0.25, -0.2) is 0 Å². The summed E-state index contributed by atoms with van der Waals surface area (Å²) in [4.78, 5) is 0. The van der Waals surface area contributed by atoms with Crippen molar-refractivity contribution < 1.29 is 9.13 Å². The van der Waals surface area contributed by atoms with Crippen molar-refractivity contribution in [2.45, 2.75) is 11.1 Å². The van der Waals surface area contributed by atoms with Crippen molar-refractivity contribution in [3.63, 3.8) is 0 Å². The maximum absolute atomic E-state index is 2.61. The molecule has 2 aliphatic carbocycles. The smallest absolute Gasteiger partial charge is 0.125 e. The van der Waals surface area contributed by atoms with Crippen LogP contribution in [-0.2, 0) is 11.1 Å². The van der Waals surface area contributed by atoms with Gasteiger partial charge in [0.05, 0.1) is 16.2 Å². The van der Waals surface area contributed by atoms with E-state index in [0.717, 1.165) is 0 Å². The summed E-state index contributed by atoms with van der Waals surface area (Å²) in [5.74, 6) is 0. The van der Waals surface area contributed by atoms with Crippen LogP contribution in [0.2, 0.25) is 0 Å². The van der Waals surface area contributed by atoms with Crippen LogP contribution in [-0.4, -0.2) is 0 Å². The topological polar surface area (TPSA) is 7.76 Å². The highest BCUT2D eigenvalue weighted by molar-refractivity contribution is 6.13. The zero-order valence-corrected chi connectivity index (χ0v) is 22.6. The minimum atomic E-state index is -0.492. The second-order valence-electron chi connectivity index (χ2n) is 12.4. The second-order valence-corrected chi connectivity index (χ2v) is 12.4. The third kappa shape index (κ3) is 1.78. The van der Waals surface area contributed by atoms with E-state index in [9.17, 15) is 0 Å². The first-order valence-corrected chi connectivity index (χ1v) is 14.9. The number of nitrogens with zero attached hydrogens (tertiary/aromatic N) is 2. The maximum atomic E-state index is 2.61. The molecule has 0 atom stereocenters. The molecular formula is C40H22N2+2. The van der Waals surface area contributed by atoms with Crippen molar-refractivity contribution in [2.75, 3.05) is 0 Å². The maximum Gasteiger partial charge on any atom is 0.418 e. The molecule has 0 fully saturated rings. The molecule has 4 heterocycles. The summed E-state index contributed by atoms with van der Waals surface area (Å²) in [6.07, 6.45) is 4.67. The van der Waals surface area contributed by atoms with Crippen LogP contribution in [0.15, 0.2) is 134 Å². The third-order valence-electron chi connectivity index (χ3n) is 11.0. The van der Waals surface area contributed by atoms with E-state index in [-0.39, 0.29) is 0 Å². The Bertz CT molecular complexity index is 2460. The normalized spacial score (nSPS) is 16.5. The molecule has 2 heteroatoms. The van der Waals surface area contributed by atoms with Crippen molar-refractivity contribution in [1.29, 1.82) is 0 Å². The summed E-state index contributed by atoms with van der Waals surface area (Å²) in [5.41, 5.74) is 13.0. The van der Waals surface area contributed by atoms with Crippen molar-refractivity contribution in [1.82, 2.24) is 0 Å². The van der Waals surface area contributed by atoms with Gasteiger partial charge in [-0.3, -0.25) is 0 Å². The van der Waals surface area contributed by atoms with Crippen LogP contribution in [0.3, 0.4) is 0 Å². The highest BCUT2D eigenvalue weighted by atomic mass is 15.3. The van der Waals surface area contributed by atoms with Gasteiger partial charge in [-0.15, -0.1) is 9.13 Å². The second kappa shape index (κ2) is 6.27. The molecule has 42 heavy (non-hydrogen) atoms. The van der Waals surface area contributed by atoms with Crippen LogP contribution < -0.4 is 9.13 Å². The third-order valence-corrected chi connectivity index (χ3v) is 11.0. The number of aromatic nitrogens is 2. The summed E-state index contributed by atoms with van der Waals surface area (Å²) in [6, 6.07) is 46.3. The molecule has 6 aromatic carbocycles. The summed E-state index contributed by atoms with van der Waals surface area (Å²) >= 11 is 0. The highest BCUT2D eigenvalue weighted by Gasteiger charge is 2.72. The summed E-state index contributed by atoms with van der Waals surface area (Å²) in [6.45, 7) is 0. The quantitative estimate of drug-likeness (QED) is 0.142. The molecule has 0 N–H and O–H groups in total. The molecule has 0 bridgehead atoms. The van der Waals surface area contributed by atoms with Gasteiger partial charge in [0.25, 0.3) is 0 Å². The van der Waals surface area contributed by atoms with E-state index in [2.05, 4.69) is 143 Å². The number of benzene rings is 6. The SMILES string of the molecule is c1ccc2c(c1)-c1ccccc1C21c2ccc3ccc4ccc[n+]5c4c3c2C52c3c1ccc1ccc4ccc[n+]2c4c31. The lowest BCUT2D eigenvalue weighted by molar-refractivity contribution is -0.945. The summed E-state index contributed by atoms with van der Waals surface area (Å²) in [7, 11) is 0. The van der Waals surface area contributed by atoms with Gasteiger partial charge >= 0.3 is 5.66 Å². The predicted molar refractivity (Wildman–Crippen MR) is 166 cm³/mol. The number of fused-ring (bicyclic) bond motifs is 7. The van der Waals surface area contributed by atoms with Gasteiger partial charge in [0, 0.05) is 22.9 Å². The zero-order valence-electron chi connectivity index (χ0n) is 22.6. The first-order valence-electron chi connectivity index (χ1n) is 14.9. The van der Waals surface area contributed by atoms with E-state index in [0.29, 0.717) is 0 Å². The largest absolute Gasteiger partial charge is 0.418 e. The molecule has 2 aliphatic heterocycles. The van der Waals surface area contributed by atoms with Gasteiger partial charge in [0.2, 0.25) is 11.0 Å². The molecule has 190 valence electrons. The lowest BCUT2D eigenvalue weighted by Gasteiger charge is -2.41. The van der Waals surface area contributed by atoms with Gasteiger partial charge in [0.15, 0.2) is 12.4 Å². The standard InChI is InChI=1S/C40H22N2/c1-3-11-29-27(9-1)28-10-2-4-12-30(28)39(29)31-19-17-23-13-15-25-7-5-21-41-37(25)33(23)35(31)40(41)36-32(39)20-18-24-14-16-26-8-6-22-42(40)38(26)34(24)36/h1-22H/q+2. The Morgan fingerprint density at radius 3 is 1.36 bits per heavy atom. The van der Waals surface area contributed by atoms with Gasteiger partial charge < -0.3 is 0 Å². The van der Waals surface area contributed by atoms with Gasteiger partial charge in [0.1, 0.15) is 11.1 Å². The van der Waals surface area contributed by atoms with Crippen LogP contribution in [0.25, 0.3) is 54.5 Å². The summed E-state index contributed by atoms with van der Waals surface area (Å²) in [5, 5.41) is 8.00. The molecule has 12 rings (SSSR count). The van der Waals surface area contributed by atoms with Crippen molar-refractivity contribution in [3.8, 4) is 11.1 Å². The molecule has 2 nitrogen and oxygen atoms in total. The van der Waals surface area contributed by atoms with Gasteiger partial charge in [-0.2, -0.15) is 0 Å². The predicted octanol–water partition coefficient (Wildman–Crippen LogP) is 7.48. The Balaban J connectivity index is 1.46. The average Bonchev–Trinajstić information content (AvgIpc) is 3.65. The molecule has 0 unspecified atom stereocenters. The molecule has 2 spiro atoms. The zero-order chi connectivity index (χ0) is 26.9. The number of hydrogen-bond acceptors (Lipinski definition) is 0. The van der Waals surface area contributed by atoms with E-state index in [1.165, 1.54) is 87.9 Å². The Morgan fingerprint density at radius 1 is 0.381 bits per heavy atom. The Morgan fingerprint density at radius 2 is 0.833 bits per heavy atom. The molecule has 2 aromatic heterocycles. The van der Waals surface area contributed by atoms with E-state index in [4.69, 9.17) is 0 Å². The Hall–Kier alpha value is -5.34. The van der Waals surface area contributed by atoms with Crippen LogP contribution >= 0.6 is 0 Å². The average molecular weight is 531 g/mol. The lowest BCUT2D eigenvalue weighted by Crippen LogP contribution is -2.73. The first kappa shape index (κ1) is 20.5. The fraction of sp³-hybridized carbons (Fsp3) is 0.0500. The van der Waals surface area contributed by atoms with Crippen LogP contribution in [0.4, 0.5) is 0 Å².